The average molecular weight is 283 g/mol. The van der Waals surface area contributed by atoms with Crippen molar-refractivity contribution in [2.45, 2.75) is 57.1 Å². The van der Waals surface area contributed by atoms with Crippen molar-refractivity contribution in [3.63, 3.8) is 0 Å². The molecule has 3 atom stereocenters. The van der Waals surface area contributed by atoms with Gasteiger partial charge < -0.3 is 9.47 Å². The van der Waals surface area contributed by atoms with E-state index in [9.17, 15) is 0 Å². The second-order valence-electron chi connectivity index (χ2n) is 6.10. The van der Waals surface area contributed by atoms with E-state index in [0.29, 0.717) is 6.61 Å². The molecule has 0 heterocycles. The van der Waals surface area contributed by atoms with Crippen LogP contribution in [0.1, 0.15) is 39.7 Å². The van der Waals surface area contributed by atoms with Crippen molar-refractivity contribution in [3.8, 4) is 5.75 Å². The van der Waals surface area contributed by atoms with E-state index in [1.165, 1.54) is 5.56 Å². The molecule has 0 aromatic heterocycles. The Morgan fingerprint density at radius 2 is 1.84 bits per heavy atom. The van der Waals surface area contributed by atoms with Gasteiger partial charge in [-0.25, -0.2) is 0 Å². The Balaban J connectivity index is 1.97. The van der Waals surface area contributed by atoms with Crippen LogP contribution in [0.3, 0.4) is 0 Å². The van der Waals surface area contributed by atoms with Crippen LogP contribution in [0.25, 0.3) is 0 Å². The fourth-order valence-electron chi connectivity index (χ4n) is 2.25. The molecule has 1 aromatic carbocycles. The Hall–Kier alpha value is -0.730. The summed E-state index contributed by atoms with van der Waals surface area (Å²) in [6, 6.07) is 8.32. The van der Waals surface area contributed by atoms with Crippen molar-refractivity contribution >= 4 is 11.6 Å². The molecular formula is C16H23ClO2. The van der Waals surface area contributed by atoms with Gasteiger partial charge in [0.25, 0.3) is 0 Å². The summed E-state index contributed by atoms with van der Waals surface area (Å²) in [6.45, 7) is 9.28. The summed E-state index contributed by atoms with van der Waals surface area (Å²) in [5.74, 6) is 0.895. The van der Waals surface area contributed by atoms with Gasteiger partial charge in [0.15, 0.2) is 0 Å². The number of rotatable bonds is 4. The van der Waals surface area contributed by atoms with Crippen LogP contribution in [0.15, 0.2) is 24.3 Å². The molecule has 1 aliphatic carbocycles. The van der Waals surface area contributed by atoms with Gasteiger partial charge in [0.05, 0.1) is 5.38 Å². The van der Waals surface area contributed by atoms with Crippen LogP contribution in [-0.2, 0) is 10.2 Å². The minimum Gasteiger partial charge on any atom is -0.488 e. The van der Waals surface area contributed by atoms with Crippen molar-refractivity contribution in [3.05, 3.63) is 29.8 Å². The van der Waals surface area contributed by atoms with E-state index < -0.39 is 0 Å². The lowest BCUT2D eigenvalue weighted by atomic mass is 9.87. The number of benzene rings is 1. The lowest BCUT2D eigenvalue weighted by Crippen LogP contribution is -2.52. The van der Waals surface area contributed by atoms with E-state index in [1.807, 2.05) is 19.1 Å². The fraction of sp³-hybridized carbons (Fsp3) is 0.625. The maximum Gasteiger partial charge on any atom is 0.128 e. The molecule has 1 aromatic rings. The van der Waals surface area contributed by atoms with Gasteiger partial charge in [-0.1, -0.05) is 32.9 Å². The number of alkyl halides is 1. The summed E-state index contributed by atoms with van der Waals surface area (Å²) in [6.07, 6.45) is 0.963. The zero-order valence-corrected chi connectivity index (χ0v) is 12.9. The first kappa shape index (κ1) is 14.7. The SMILES string of the molecule is CCOC1C(Cl)CC1Oc1ccc(C(C)(C)C)cc1. The Labute approximate surface area is 121 Å². The predicted octanol–water partition coefficient (Wildman–Crippen LogP) is 4.15. The van der Waals surface area contributed by atoms with Crippen molar-refractivity contribution in [1.29, 1.82) is 0 Å². The van der Waals surface area contributed by atoms with Gasteiger partial charge >= 0.3 is 0 Å². The summed E-state index contributed by atoms with van der Waals surface area (Å²) >= 11 is 6.13. The summed E-state index contributed by atoms with van der Waals surface area (Å²) in [5.41, 5.74) is 1.48. The first-order valence-electron chi connectivity index (χ1n) is 6.94. The summed E-state index contributed by atoms with van der Waals surface area (Å²) in [4.78, 5) is 0. The molecule has 19 heavy (non-hydrogen) atoms. The Kier molecular flexibility index (Phi) is 4.42. The molecule has 1 aliphatic rings. The highest BCUT2D eigenvalue weighted by Gasteiger charge is 2.42. The van der Waals surface area contributed by atoms with Gasteiger partial charge in [0.2, 0.25) is 0 Å². The second-order valence-corrected chi connectivity index (χ2v) is 6.66. The zero-order chi connectivity index (χ0) is 14.0. The monoisotopic (exact) mass is 282 g/mol. The lowest BCUT2D eigenvalue weighted by molar-refractivity contribution is -0.0759. The van der Waals surface area contributed by atoms with E-state index in [4.69, 9.17) is 21.1 Å². The van der Waals surface area contributed by atoms with Gasteiger partial charge in [-0.2, -0.15) is 0 Å². The number of hydrogen-bond donors (Lipinski definition) is 0. The number of ether oxygens (including phenoxy) is 2. The minimum atomic E-state index is 0.0222. The molecule has 1 saturated carbocycles. The second kappa shape index (κ2) is 5.72. The van der Waals surface area contributed by atoms with Gasteiger partial charge in [0.1, 0.15) is 18.0 Å². The van der Waals surface area contributed by atoms with Gasteiger partial charge in [-0.05, 0) is 30.0 Å². The van der Waals surface area contributed by atoms with E-state index in [-0.39, 0.29) is 23.0 Å². The summed E-state index contributed by atoms with van der Waals surface area (Å²) in [7, 11) is 0. The molecular weight excluding hydrogens is 260 g/mol. The van der Waals surface area contributed by atoms with Gasteiger partial charge in [-0.15, -0.1) is 11.6 Å². The highest BCUT2D eigenvalue weighted by Crippen LogP contribution is 2.33. The predicted molar refractivity (Wildman–Crippen MR) is 79.2 cm³/mol. The van der Waals surface area contributed by atoms with Crippen LogP contribution in [0.2, 0.25) is 0 Å². The van der Waals surface area contributed by atoms with Crippen molar-refractivity contribution in [2.24, 2.45) is 0 Å². The highest BCUT2D eigenvalue weighted by molar-refractivity contribution is 6.21. The third-order valence-corrected chi connectivity index (χ3v) is 3.97. The third kappa shape index (κ3) is 3.43. The van der Waals surface area contributed by atoms with Crippen LogP contribution in [0, 0.1) is 0 Å². The van der Waals surface area contributed by atoms with Crippen LogP contribution >= 0.6 is 11.6 Å². The highest BCUT2D eigenvalue weighted by atomic mass is 35.5. The molecule has 0 bridgehead atoms. The fourth-order valence-corrected chi connectivity index (χ4v) is 2.67. The van der Waals surface area contributed by atoms with Crippen molar-refractivity contribution in [2.75, 3.05) is 6.61 Å². The number of halogens is 1. The zero-order valence-electron chi connectivity index (χ0n) is 12.2. The normalized spacial score (nSPS) is 26.9. The molecule has 2 nitrogen and oxygen atoms in total. The Bertz CT molecular complexity index is 408. The van der Waals surface area contributed by atoms with Crippen molar-refractivity contribution < 1.29 is 9.47 Å². The standard InChI is InChI=1S/C16H23ClO2/c1-5-18-15-13(17)10-14(15)19-12-8-6-11(7-9-12)16(2,3)4/h6-9,13-15H,5,10H2,1-4H3. The van der Waals surface area contributed by atoms with Crippen LogP contribution in [-0.4, -0.2) is 24.2 Å². The molecule has 3 heteroatoms. The van der Waals surface area contributed by atoms with E-state index in [2.05, 4.69) is 32.9 Å². The molecule has 106 valence electrons. The molecule has 3 unspecified atom stereocenters. The topological polar surface area (TPSA) is 18.5 Å². The average Bonchev–Trinajstić information content (AvgIpc) is 2.35. The summed E-state index contributed by atoms with van der Waals surface area (Å²) < 4.78 is 11.5. The van der Waals surface area contributed by atoms with Crippen LogP contribution in [0.4, 0.5) is 0 Å². The lowest BCUT2D eigenvalue weighted by Gasteiger charge is -2.40. The third-order valence-electron chi connectivity index (χ3n) is 3.55. The molecule has 0 aliphatic heterocycles. The van der Waals surface area contributed by atoms with E-state index in [1.54, 1.807) is 0 Å². The molecule has 1 fully saturated rings. The van der Waals surface area contributed by atoms with Gasteiger partial charge in [-0.3, -0.25) is 0 Å². The first-order valence-corrected chi connectivity index (χ1v) is 7.38. The molecule has 0 amide bonds. The molecule has 0 saturated heterocycles. The van der Waals surface area contributed by atoms with Crippen LogP contribution < -0.4 is 4.74 Å². The maximum atomic E-state index is 6.13. The van der Waals surface area contributed by atoms with E-state index in [0.717, 1.165) is 12.2 Å². The molecule has 2 rings (SSSR count). The van der Waals surface area contributed by atoms with Crippen molar-refractivity contribution in [1.82, 2.24) is 0 Å². The maximum absolute atomic E-state index is 6.13. The smallest absolute Gasteiger partial charge is 0.128 e. The first-order chi connectivity index (χ1) is 8.91. The number of hydrogen-bond acceptors (Lipinski definition) is 2. The Morgan fingerprint density at radius 3 is 2.32 bits per heavy atom. The van der Waals surface area contributed by atoms with Gasteiger partial charge in [0, 0.05) is 13.0 Å². The Morgan fingerprint density at radius 1 is 1.21 bits per heavy atom. The quantitative estimate of drug-likeness (QED) is 0.773. The largest absolute Gasteiger partial charge is 0.488 e. The summed E-state index contributed by atoms with van der Waals surface area (Å²) in [5, 5.41) is 0.0822. The van der Waals surface area contributed by atoms with Crippen LogP contribution in [0.5, 0.6) is 5.75 Å². The molecule has 0 radical (unpaired) electrons. The molecule has 0 N–H and O–H groups in total. The van der Waals surface area contributed by atoms with E-state index >= 15 is 0 Å². The minimum absolute atomic E-state index is 0.0222. The molecule has 0 spiro atoms.